The summed E-state index contributed by atoms with van der Waals surface area (Å²) in [4.78, 5) is 29.0. The first-order chi connectivity index (χ1) is 14.6. The Kier molecular flexibility index (Phi) is 7.43. The van der Waals surface area contributed by atoms with Gasteiger partial charge in [-0.15, -0.1) is 0 Å². The smallest absolute Gasteiger partial charge is 0.240 e. The molecule has 2 N–H and O–H groups in total. The van der Waals surface area contributed by atoms with E-state index in [0.29, 0.717) is 25.9 Å². The molecular formula is C23H28N4O3. The molecular weight excluding hydrogens is 380 g/mol. The van der Waals surface area contributed by atoms with Crippen LogP contribution in [0.1, 0.15) is 31.2 Å². The largest absolute Gasteiger partial charge is 0.497 e. The Hall–Kier alpha value is -3.35. The van der Waals surface area contributed by atoms with E-state index in [0.717, 1.165) is 34.6 Å². The van der Waals surface area contributed by atoms with Gasteiger partial charge in [-0.25, -0.2) is 4.98 Å². The monoisotopic (exact) mass is 408 g/mol. The topological polar surface area (TPSA) is 85.2 Å². The van der Waals surface area contributed by atoms with Gasteiger partial charge in [0.2, 0.25) is 11.8 Å². The van der Waals surface area contributed by atoms with E-state index in [1.54, 1.807) is 7.11 Å². The number of methoxy groups -OCH3 is 1. The van der Waals surface area contributed by atoms with E-state index in [4.69, 9.17) is 4.74 Å². The summed E-state index contributed by atoms with van der Waals surface area (Å²) in [6.07, 6.45) is 1.90. The number of rotatable bonds is 10. The van der Waals surface area contributed by atoms with Crippen LogP contribution < -0.4 is 15.4 Å². The van der Waals surface area contributed by atoms with Crippen molar-refractivity contribution in [1.29, 1.82) is 0 Å². The number of para-hydroxylation sites is 2. The summed E-state index contributed by atoms with van der Waals surface area (Å²) >= 11 is 0. The number of ether oxygens (including phenoxy) is 1. The van der Waals surface area contributed by atoms with E-state index in [1.165, 1.54) is 0 Å². The molecule has 7 nitrogen and oxygen atoms in total. The van der Waals surface area contributed by atoms with Crippen molar-refractivity contribution in [2.24, 2.45) is 0 Å². The average Bonchev–Trinajstić information content (AvgIpc) is 3.10. The van der Waals surface area contributed by atoms with E-state index >= 15 is 0 Å². The van der Waals surface area contributed by atoms with Crippen molar-refractivity contribution in [3.05, 3.63) is 59.9 Å². The van der Waals surface area contributed by atoms with Crippen LogP contribution >= 0.6 is 0 Å². The Morgan fingerprint density at radius 3 is 2.53 bits per heavy atom. The molecule has 0 aliphatic heterocycles. The number of fused-ring (bicyclic) bond motifs is 1. The molecule has 30 heavy (non-hydrogen) atoms. The number of imidazole rings is 1. The SMILES string of the molecule is CCCC(=O)NCCc1nc2ccccc2n1CC(=O)NCc1ccc(OC)cc1. The number of hydrogen-bond acceptors (Lipinski definition) is 4. The van der Waals surface area contributed by atoms with Gasteiger partial charge >= 0.3 is 0 Å². The minimum atomic E-state index is -0.0924. The van der Waals surface area contributed by atoms with E-state index < -0.39 is 0 Å². The molecule has 0 fully saturated rings. The molecule has 3 rings (SSSR count). The Bertz CT molecular complexity index is 995. The highest BCUT2D eigenvalue weighted by Crippen LogP contribution is 2.16. The van der Waals surface area contributed by atoms with Gasteiger partial charge in [-0.2, -0.15) is 0 Å². The van der Waals surface area contributed by atoms with Crippen LogP contribution in [-0.2, 0) is 29.1 Å². The van der Waals surface area contributed by atoms with Gasteiger partial charge in [0, 0.05) is 25.9 Å². The first-order valence-corrected chi connectivity index (χ1v) is 10.2. The minimum absolute atomic E-state index is 0.0393. The maximum absolute atomic E-state index is 12.6. The van der Waals surface area contributed by atoms with Gasteiger partial charge in [-0.05, 0) is 36.2 Å². The van der Waals surface area contributed by atoms with Crippen molar-refractivity contribution < 1.29 is 14.3 Å². The molecule has 1 heterocycles. The number of amides is 2. The number of aromatic nitrogens is 2. The third-order valence-corrected chi connectivity index (χ3v) is 4.83. The highest BCUT2D eigenvalue weighted by atomic mass is 16.5. The molecule has 0 atom stereocenters. The Morgan fingerprint density at radius 2 is 1.80 bits per heavy atom. The quantitative estimate of drug-likeness (QED) is 0.540. The molecule has 0 unspecified atom stereocenters. The lowest BCUT2D eigenvalue weighted by molar-refractivity contribution is -0.122. The molecule has 0 radical (unpaired) electrons. The van der Waals surface area contributed by atoms with Crippen molar-refractivity contribution in [3.63, 3.8) is 0 Å². The zero-order chi connectivity index (χ0) is 21.3. The second-order valence-electron chi connectivity index (χ2n) is 7.08. The lowest BCUT2D eigenvalue weighted by Crippen LogP contribution is -2.29. The number of carbonyl (C=O) groups is 2. The fraction of sp³-hybridized carbons (Fsp3) is 0.348. The van der Waals surface area contributed by atoms with Gasteiger partial charge in [-0.3, -0.25) is 9.59 Å². The predicted octanol–water partition coefficient (Wildman–Crippen LogP) is 2.82. The van der Waals surface area contributed by atoms with E-state index in [2.05, 4.69) is 15.6 Å². The van der Waals surface area contributed by atoms with Gasteiger partial charge in [-0.1, -0.05) is 31.2 Å². The van der Waals surface area contributed by atoms with Crippen LogP contribution in [0.25, 0.3) is 11.0 Å². The van der Waals surface area contributed by atoms with Gasteiger partial charge in [0.25, 0.3) is 0 Å². The van der Waals surface area contributed by atoms with Crippen molar-refractivity contribution in [1.82, 2.24) is 20.2 Å². The zero-order valence-electron chi connectivity index (χ0n) is 17.5. The van der Waals surface area contributed by atoms with Gasteiger partial charge < -0.3 is 19.9 Å². The third kappa shape index (κ3) is 5.59. The van der Waals surface area contributed by atoms with Crippen molar-refractivity contribution in [2.75, 3.05) is 13.7 Å². The standard InChI is InChI=1S/C23H28N4O3/c1-3-6-22(28)24-14-13-21-26-19-7-4-5-8-20(19)27(21)16-23(29)25-15-17-9-11-18(30-2)12-10-17/h4-5,7-12H,3,6,13-16H2,1-2H3,(H,24,28)(H,25,29). The Balaban J connectivity index is 1.65. The summed E-state index contributed by atoms with van der Waals surface area (Å²) in [5.41, 5.74) is 2.75. The molecule has 2 amide bonds. The molecule has 0 aliphatic rings. The maximum Gasteiger partial charge on any atom is 0.240 e. The molecule has 3 aromatic rings. The molecule has 0 saturated carbocycles. The van der Waals surface area contributed by atoms with E-state index in [1.807, 2.05) is 60.0 Å². The highest BCUT2D eigenvalue weighted by Gasteiger charge is 2.14. The van der Waals surface area contributed by atoms with Crippen molar-refractivity contribution in [2.45, 2.75) is 39.3 Å². The second-order valence-corrected chi connectivity index (χ2v) is 7.08. The molecule has 158 valence electrons. The summed E-state index contributed by atoms with van der Waals surface area (Å²) in [6, 6.07) is 15.3. The van der Waals surface area contributed by atoms with Crippen molar-refractivity contribution in [3.8, 4) is 5.75 Å². The van der Waals surface area contributed by atoms with Crippen LogP contribution in [0.15, 0.2) is 48.5 Å². The normalized spacial score (nSPS) is 10.7. The molecule has 0 saturated heterocycles. The molecule has 1 aromatic heterocycles. The summed E-state index contributed by atoms with van der Waals surface area (Å²) in [5, 5.41) is 5.87. The van der Waals surface area contributed by atoms with Gasteiger partial charge in [0.05, 0.1) is 18.1 Å². The Labute approximate surface area is 176 Å². The molecule has 0 aliphatic carbocycles. The predicted molar refractivity (Wildman–Crippen MR) is 116 cm³/mol. The molecule has 0 spiro atoms. The van der Waals surface area contributed by atoms with E-state index in [9.17, 15) is 9.59 Å². The number of carbonyl (C=O) groups excluding carboxylic acids is 2. The van der Waals surface area contributed by atoms with Crippen LogP contribution in [0.5, 0.6) is 5.75 Å². The van der Waals surface area contributed by atoms with Crippen LogP contribution in [-0.4, -0.2) is 35.0 Å². The summed E-state index contributed by atoms with van der Waals surface area (Å²) in [6.45, 7) is 3.09. The van der Waals surface area contributed by atoms with Gasteiger partial charge in [0.1, 0.15) is 18.1 Å². The summed E-state index contributed by atoms with van der Waals surface area (Å²) in [7, 11) is 1.62. The van der Waals surface area contributed by atoms with Gasteiger partial charge in [0.15, 0.2) is 0 Å². The average molecular weight is 409 g/mol. The Morgan fingerprint density at radius 1 is 1.03 bits per heavy atom. The molecule has 0 bridgehead atoms. The molecule has 7 heteroatoms. The zero-order valence-corrected chi connectivity index (χ0v) is 17.5. The van der Waals surface area contributed by atoms with Crippen LogP contribution in [0.2, 0.25) is 0 Å². The third-order valence-electron chi connectivity index (χ3n) is 4.83. The van der Waals surface area contributed by atoms with E-state index in [-0.39, 0.29) is 18.4 Å². The minimum Gasteiger partial charge on any atom is -0.497 e. The highest BCUT2D eigenvalue weighted by molar-refractivity contribution is 5.81. The molecule has 2 aromatic carbocycles. The summed E-state index contributed by atoms with van der Waals surface area (Å²) in [5.74, 6) is 1.51. The lowest BCUT2D eigenvalue weighted by Gasteiger charge is -2.11. The first kappa shape index (κ1) is 21.4. The first-order valence-electron chi connectivity index (χ1n) is 10.2. The van der Waals surface area contributed by atoms with Crippen molar-refractivity contribution >= 4 is 22.8 Å². The van der Waals surface area contributed by atoms with Crippen LogP contribution in [0.3, 0.4) is 0 Å². The van der Waals surface area contributed by atoms with Crippen LogP contribution in [0.4, 0.5) is 0 Å². The maximum atomic E-state index is 12.6. The lowest BCUT2D eigenvalue weighted by atomic mass is 10.2. The summed E-state index contributed by atoms with van der Waals surface area (Å²) < 4.78 is 7.08. The number of nitrogens with zero attached hydrogens (tertiary/aromatic N) is 2. The number of hydrogen-bond donors (Lipinski definition) is 2. The fourth-order valence-corrected chi connectivity index (χ4v) is 3.27. The number of benzene rings is 2. The second kappa shape index (κ2) is 10.4. The fourth-order valence-electron chi connectivity index (χ4n) is 3.27. The number of nitrogens with one attached hydrogen (secondary N) is 2. The van der Waals surface area contributed by atoms with Crippen LogP contribution in [0, 0.1) is 0 Å².